The molecule has 0 bridgehead atoms. The molecule has 0 aromatic carbocycles. The van der Waals surface area contributed by atoms with Crippen molar-refractivity contribution in [2.45, 2.75) is 54.8 Å². The first-order chi connectivity index (χ1) is 23.7. The number of ether oxygens (including phenoxy) is 2. The largest absolute Gasteiger partial charge is 0.756 e. The van der Waals surface area contributed by atoms with Gasteiger partial charge in [0.1, 0.15) is 42.4 Å². The number of aromatic nitrogens is 5. The summed E-state index contributed by atoms with van der Waals surface area (Å²) in [6, 6.07) is 2.90. The van der Waals surface area contributed by atoms with Crippen molar-refractivity contribution in [3.63, 3.8) is 0 Å². The Morgan fingerprint density at radius 3 is 2.66 bits per heavy atom. The van der Waals surface area contributed by atoms with Gasteiger partial charge < -0.3 is 50.2 Å². The molecule has 2 saturated heterocycles. The molecule has 2 fully saturated rings. The maximum Gasteiger partial charge on any atom is 0.478 e. The Morgan fingerprint density at radius 1 is 1.18 bits per heavy atom. The molecule has 5 rings (SSSR count). The van der Waals surface area contributed by atoms with Crippen LogP contribution in [0.15, 0.2) is 42.3 Å². The summed E-state index contributed by atoms with van der Waals surface area (Å²) in [5.74, 6) is -0.411. The summed E-state index contributed by atoms with van der Waals surface area (Å²) in [5.41, 5.74) is 14.2. The van der Waals surface area contributed by atoms with Gasteiger partial charge in [-0.15, -0.1) is 11.6 Å². The van der Waals surface area contributed by atoms with Crippen LogP contribution in [0.4, 0.5) is 5.82 Å². The summed E-state index contributed by atoms with van der Waals surface area (Å²) in [6.45, 7) is -1.18. The predicted molar refractivity (Wildman–Crippen MR) is 163 cm³/mol. The van der Waals surface area contributed by atoms with E-state index in [0.29, 0.717) is 18.8 Å². The monoisotopic (exact) mass is 764 g/mol. The second kappa shape index (κ2) is 15.9. The second-order valence-electron chi connectivity index (χ2n) is 10.8. The van der Waals surface area contributed by atoms with E-state index in [1.54, 1.807) is 0 Å². The van der Waals surface area contributed by atoms with E-state index < -0.39 is 83.1 Å². The van der Waals surface area contributed by atoms with Crippen LogP contribution in [0.1, 0.15) is 29.2 Å². The van der Waals surface area contributed by atoms with E-state index in [1.807, 2.05) is 0 Å². The van der Waals surface area contributed by atoms with Crippen molar-refractivity contribution >= 4 is 50.1 Å². The highest BCUT2D eigenvalue weighted by Gasteiger charge is 2.49. The van der Waals surface area contributed by atoms with Crippen LogP contribution in [-0.2, 0) is 32.0 Å². The minimum absolute atomic E-state index is 0.106. The molecule has 0 aliphatic carbocycles. The zero-order chi connectivity index (χ0) is 36.2. The average molecular weight is 765 g/mol. The normalized spacial score (nSPS) is 28.9. The van der Waals surface area contributed by atoms with Crippen molar-refractivity contribution in [2.75, 3.05) is 31.6 Å². The smallest absolute Gasteiger partial charge is 0.478 e. The van der Waals surface area contributed by atoms with E-state index >= 15 is 0 Å². The lowest BCUT2D eigenvalue weighted by Crippen LogP contribution is -2.44. The number of primary amides is 1. The first kappa shape index (κ1) is 37.9. The minimum Gasteiger partial charge on any atom is -0.756 e. The number of nitrogens with two attached hydrogens (primary N) is 1. The second-order valence-corrected chi connectivity index (χ2v) is 14.3. The van der Waals surface area contributed by atoms with Gasteiger partial charge in [-0.1, -0.05) is 5.11 Å². The Morgan fingerprint density at radius 2 is 1.92 bits per heavy atom. The quantitative estimate of drug-likeness (QED) is 0.0196. The van der Waals surface area contributed by atoms with Crippen LogP contribution in [0.3, 0.4) is 0 Å². The molecule has 0 radical (unpaired) electrons. The number of imidazole rings is 1. The number of hydrogen-bond acceptors (Lipinski definition) is 17. The van der Waals surface area contributed by atoms with Crippen LogP contribution >= 0.6 is 27.2 Å². The Bertz CT molecular complexity index is 1840. The Hall–Kier alpha value is -3.37. The van der Waals surface area contributed by atoms with Gasteiger partial charge in [0.25, 0.3) is 20.0 Å². The number of pyridine rings is 1. The average Bonchev–Trinajstić information content (AvgIpc) is 3.72. The van der Waals surface area contributed by atoms with Gasteiger partial charge >= 0.3 is 7.82 Å². The Kier molecular flexibility index (Phi) is 12.0. The highest BCUT2D eigenvalue weighted by atomic mass is 35.5. The zero-order valence-electron chi connectivity index (χ0n) is 25.5. The van der Waals surface area contributed by atoms with Crippen LogP contribution in [0.2, 0.25) is 0 Å². The number of anilines is 1. The van der Waals surface area contributed by atoms with Gasteiger partial charge in [-0.2, -0.15) is 4.57 Å². The molecule has 0 saturated carbocycles. The number of fused-ring (bicyclic) bond motifs is 1. The highest BCUT2D eigenvalue weighted by molar-refractivity contribution is 7.60. The molecule has 0 spiro atoms. The SMILES string of the molecule is [N-]=[N+]=NCCCNc1ncnc2c1ncn2[C@@H]1O[C@H](COP(=O)(O)OP(=O)([O-])OC[C@H]2O[C@@H]([n+]3cccc(C(N)=O)c3)[C@@H](Cl)[C@@H]2O)[C@@H](O)[C@H]1O. The highest BCUT2D eigenvalue weighted by Crippen LogP contribution is 2.58. The molecule has 5 heterocycles. The van der Waals surface area contributed by atoms with E-state index in [0.717, 1.165) is 0 Å². The van der Waals surface area contributed by atoms with E-state index in [-0.39, 0.29) is 23.3 Å². The maximum atomic E-state index is 12.5. The number of azide groups is 1. The summed E-state index contributed by atoms with van der Waals surface area (Å²) in [4.78, 5) is 49.2. The number of hydrogen-bond donors (Lipinski definition) is 6. The fourth-order valence-electron chi connectivity index (χ4n) is 5.05. The molecule has 1 amide bonds. The topological polar surface area (TPSA) is 336 Å². The number of phosphoric ester groups is 2. The summed E-state index contributed by atoms with van der Waals surface area (Å²) >= 11 is 6.26. The lowest BCUT2D eigenvalue weighted by Gasteiger charge is -2.26. The van der Waals surface area contributed by atoms with Crippen molar-refractivity contribution < 1.29 is 66.4 Å². The summed E-state index contributed by atoms with van der Waals surface area (Å²) in [5, 5.41) is 37.1. The zero-order valence-corrected chi connectivity index (χ0v) is 28.1. The molecule has 272 valence electrons. The maximum absolute atomic E-state index is 12.5. The number of aliphatic hydroxyl groups excluding tert-OH is 3. The molecule has 2 aliphatic rings. The molecule has 3 aromatic heterocycles. The lowest BCUT2D eigenvalue weighted by atomic mass is 10.1. The van der Waals surface area contributed by atoms with Crippen molar-refractivity contribution in [3.8, 4) is 0 Å². The molecule has 50 heavy (non-hydrogen) atoms. The van der Waals surface area contributed by atoms with E-state index in [9.17, 15) is 39.0 Å². The molecule has 23 nitrogen and oxygen atoms in total. The third-order valence-electron chi connectivity index (χ3n) is 7.46. The minimum atomic E-state index is -5.61. The summed E-state index contributed by atoms with van der Waals surface area (Å²) in [7, 11) is -11.1. The fourth-order valence-corrected chi connectivity index (χ4v) is 7.45. The molecule has 10 atom stereocenters. The Balaban J connectivity index is 1.15. The van der Waals surface area contributed by atoms with Crippen molar-refractivity contribution in [3.05, 3.63) is 53.2 Å². The number of carbonyl (C=O) groups excluding carboxylic acids is 1. The number of aliphatic hydroxyl groups is 3. The number of halogens is 1. The van der Waals surface area contributed by atoms with Gasteiger partial charge in [0.2, 0.25) is 0 Å². The van der Waals surface area contributed by atoms with E-state index in [4.69, 9.17) is 36.9 Å². The molecular weight excluding hydrogens is 734 g/mol. The van der Waals surface area contributed by atoms with Crippen LogP contribution in [0.5, 0.6) is 0 Å². The summed E-state index contributed by atoms with van der Waals surface area (Å²) in [6.07, 6.45) is -4.25. The molecule has 7 N–H and O–H groups in total. The van der Waals surface area contributed by atoms with Crippen molar-refractivity contribution in [1.82, 2.24) is 19.5 Å². The Labute approximate surface area is 286 Å². The van der Waals surface area contributed by atoms with Crippen LogP contribution < -0.4 is 20.5 Å². The van der Waals surface area contributed by atoms with Crippen LogP contribution in [0.25, 0.3) is 21.6 Å². The fraction of sp³-hybridized carbons (Fsp3) is 0.542. The molecule has 26 heteroatoms. The number of phosphoric acid groups is 2. The van der Waals surface area contributed by atoms with Gasteiger partial charge in [0.05, 0.1) is 19.5 Å². The van der Waals surface area contributed by atoms with Gasteiger partial charge in [0.15, 0.2) is 41.0 Å². The standard InChI is InChI=1S/C24H31ClN10O13P2/c25-15-17(36)13(46-23(15)34-6-1-3-12(7-34)20(26)39)8-44-49(40,41)48-50(42,43)45-9-14-18(37)19(38)24(47-14)35-11-31-16-21(29-10-30-22(16)35)28-4-2-5-32-33-27/h1,3,6-7,10-11,13-15,17-19,23-24,36-38H,2,4-5,8-9H2,(H4-,26,28,29,30,39,40,41,42,43)/t13-,14-,15+,17-,18-,19-,23-,24-/m1/s1. The van der Waals surface area contributed by atoms with Gasteiger partial charge in [-0.3, -0.25) is 18.5 Å². The first-order valence-corrected chi connectivity index (χ1v) is 18.0. The molecule has 3 aromatic rings. The number of rotatable bonds is 16. The molecule has 2 unspecified atom stereocenters. The van der Waals surface area contributed by atoms with Crippen molar-refractivity contribution in [2.24, 2.45) is 10.8 Å². The number of nitrogens with one attached hydrogen (secondary N) is 1. The summed E-state index contributed by atoms with van der Waals surface area (Å²) < 4.78 is 52.4. The van der Waals surface area contributed by atoms with Crippen molar-refractivity contribution in [1.29, 1.82) is 0 Å². The lowest BCUT2D eigenvalue weighted by molar-refractivity contribution is -0.758. The van der Waals surface area contributed by atoms with E-state index in [1.165, 1.54) is 46.3 Å². The van der Waals surface area contributed by atoms with Crippen LogP contribution in [-0.4, -0.2) is 108 Å². The molecular formula is C24H31ClN10O13P2. The van der Waals surface area contributed by atoms with Crippen LogP contribution in [0, 0.1) is 0 Å². The third-order valence-corrected chi connectivity index (χ3v) is 10.5. The van der Waals surface area contributed by atoms with Gasteiger partial charge in [-0.05, 0) is 18.0 Å². The number of nitrogens with zero attached hydrogens (tertiary/aromatic N) is 8. The molecule has 2 aliphatic heterocycles. The predicted octanol–water partition coefficient (Wildman–Crippen LogP) is -0.871. The van der Waals surface area contributed by atoms with Gasteiger partial charge in [-0.25, -0.2) is 23.8 Å². The first-order valence-electron chi connectivity index (χ1n) is 14.6. The number of carbonyl (C=O) groups is 1. The number of alkyl halides is 1. The van der Waals surface area contributed by atoms with E-state index in [2.05, 4.69) is 39.1 Å². The number of amides is 1. The van der Waals surface area contributed by atoms with Gasteiger partial charge in [0, 0.05) is 24.1 Å². The third kappa shape index (κ3) is 8.73.